The molecule has 4 nitrogen and oxygen atoms in total. The Morgan fingerprint density at radius 3 is 2.56 bits per heavy atom. The third kappa shape index (κ3) is 4.75. The lowest BCUT2D eigenvalue weighted by Crippen LogP contribution is -2.24. The van der Waals surface area contributed by atoms with Gasteiger partial charge in [0.1, 0.15) is 23.5 Å². The summed E-state index contributed by atoms with van der Waals surface area (Å²) in [5.74, 6) is 0.199. The summed E-state index contributed by atoms with van der Waals surface area (Å²) in [6, 6.07) is 7.12. The second-order valence-corrected chi connectivity index (χ2v) is 4.95. The van der Waals surface area contributed by atoms with E-state index >= 15 is 0 Å². The number of para-hydroxylation sites is 1. The van der Waals surface area contributed by atoms with Crippen molar-refractivity contribution in [3.8, 4) is 5.75 Å². The Labute approximate surface area is 108 Å². The van der Waals surface area contributed by atoms with E-state index in [1.165, 1.54) is 0 Å². The van der Waals surface area contributed by atoms with Gasteiger partial charge in [0.05, 0.1) is 0 Å². The van der Waals surface area contributed by atoms with E-state index in [0.717, 1.165) is 6.54 Å². The summed E-state index contributed by atoms with van der Waals surface area (Å²) in [4.78, 5) is 12.0. The van der Waals surface area contributed by atoms with Crippen LogP contribution in [0.25, 0.3) is 0 Å². The van der Waals surface area contributed by atoms with Gasteiger partial charge in [-0.15, -0.1) is 0 Å². The van der Waals surface area contributed by atoms with Crippen molar-refractivity contribution < 1.29 is 14.3 Å². The molecule has 0 bridgehead atoms. The molecule has 4 heteroatoms. The van der Waals surface area contributed by atoms with Crippen molar-refractivity contribution in [3.05, 3.63) is 29.8 Å². The zero-order chi connectivity index (χ0) is 13.6. The minimum absolute atomic E-state index is 0.359. The summed E-state index contributed by atoms with van der Waals surface area (Å²) in [7, 11) is 1.85. The van der Waals surface area contributed by atoms with Crippen LogP contribution in [-0.4, -0.2) is 31.8 Å². The van der Waals surface area contributed by atoms with Crippen LogP contribution < -0.4 is 10.1 Å². The zero-order valence-corrected chi connectivity index (χ0v) is 11.4. The van der Waals surface area contributed by atoms with Crippen molar-refractivity contribution >= 4 is 5.97 Å². The molecule has 1 aromatic carbocycles. The number of likely N-dealkylation sites (N-methyl/N-ethyl adjacent to an activating group) is 1. The topological polar surface area (TPSA) is 47.6 Å². The average molecular weight is 251 g/mol. The van der Waals surface area contributed by atoms with Gasteiger partial charge in [0.2, 0.25) is 0 Å². The molecule has 0 atom stereocenters. The van der Waals surface area contributed by atoms with E-state index in [0.29, 0.717) is 17.9 Å². The Bertz CT molecular complexity index is 396. The van der Waals surface area contributed by atoms with E-state index < -0.39 is 5.60 Å². The third-order valence-electron chi connectivity index (χ3n) is 2.12. The normalized spacial score (nSPS) is 11.1. The highest BCUT2D eigenvalue weighted by Gasteiger charge is 2.20. The highest BCUT2D eigenvalue weighted by Crippen LogP contribution is 2.21. The number of hydrogen-bond donors (Lipinski definition) is 1. The smallest absolute Gasteiger partial charge is 0.342 e. The monoisotopic (exact) mass is 251 g/mol. The molecule has 0 radical (unpaired) electrons. The molecular weight excluding hydrogens is 230 g/mol. The number of hydrogen-bond acceptors (Lipinski definition) is 4. The molecule has 0 spiro atoms. The minimum Gasteiger partial charge on any atom is -0.491 e. The van der Waals surface area contributed by atoms with Gasteiger partial charge in [0.25, 0.3) is 0 Å². The number of esters is 1. The van der Waals surface area contributed by atoms with E-state index in [1.807, 2.05) is 33.9 Å². The maximum Gasteiger partial charge on any atom is 0.342 e. The van der Waals surface area contributed by atoms with Gasteiger partial charge in [-0.3, -0.25) is 0 Å². The van der Waals surface area contributed by atoms with E-state index in [1.54, 1.807) is 18.2 Å². The maximum absolute atomic E-state index is 12.0. The number of ether oxygens (including phenoxy) is 2. The van der Waals surface area contributed by atoms with Gasteiger partial charge in [-0.25, -0.2) is 4.79 Å². The fourth-order valence-electron chi connectivity index (χ4n) is 1.36. The molecule has 18 heavy (non-hydrogen) atoms. The van der Waals surface area contributed by atoms with Crippen LogP contribution in [0.1, 0.15) is 31.1 Å². The molecule has 0 aliphatic rings. The number of nitrogens with one attached hydrogen (secondary N) is 1. The quantitative estimate of drug-likeness (QED) is 0.644. The maximum atomic E-state index is 12.0. The SMILES string of the molecule is CNCCOc1ccccc1C(=O)OC(C)(C)C. The highest BCUT2D eigenvalue weighted by atomic mass is 16.6. The summed E-state index contributed by atoms with van der Waals surface area (Å²) >= 11 is 0. The van der Waals surface area contributed by atoms with Crippen LogP contribution in [-0.2, 0) is 4.74 Å². The first kappa shape index (κ1) is 14.5. The van der Waals surface area contributed by atoms with Crippen LogP contribution in [0, 0.1) is 0 Å². The summed E-state index contributed by atoms with van der Waals surface area (Å²) in [6.07, 6.45) is 0. The fraction of sp³-hybridized carbons (Fsp3) is 0.500. The van der Waals surface area contributed by atoms with Crippen LogP contribution in [0.15, 0.2) is 24.3 Å². The molecule has 1 rings (SSSR count). The molecule has 0 unspecified atom stereocenters. The fourth-order valence-corrected chi connectivity index (χ4v) is 1.36. The Balaban J connectivity index is 2.78. The molecule has 1 aromatic rings. The molecule has 0 amide bonds. The molecule has 0 aliphatic carbocycles. The van der Waals surface area contributed by atoms with Gasteiger partial charge in [0.15, 0.2) is 0 Å². The molecule has 0 saturated heterocycles. The number of benzene rings is 1. The van der Waals surface area contributed by atoms with Crippen molar-refractivity contribution in [1.29, 1.82) is 0 Å². The van der Waals surface area contributed by atoms with Gasteiger partial charge in [0, 0.05) is 6.54 Å². The van der Waals surface area contributed by atoms with Crippen molar-refractivity contribution in [1.82, 2.24) is 5.32 Å². The molecule has 0 heterocycles. The first-order valence-corrected chi connectivity index (χ1v) is 6.04. The summed E-state index contributed by atoms with van der Waals surface area (Å²) in [5.41, 5.74) is -0.0432. The number of rotatable bonds is 5. The largest absolute Gasteiger partial charge is 0.491 e. The second kappa shape index (κ2) is 6.40. The predicted octanol–water partition coefficient (Wildman–Crippen LogP) is 2.24. The van der Waals surface area contributed by atoms with Crippen LogP contribution in [0.5, 0.6) is 5.75 Å². The average Bonchev–Trinajstić information content (AvgIpc) is 2.27. The van der Waals surface area contributed by atoms with Crippen LogP contribution >= 0.6 is 0 Å². The Morgan fingerprint density at radius 1 is 1.28 bits per heavy atom. The number of carbonyl (C=O) groups excluding carboxylic acids is 1. The van der Waals surface area contributed by atoms with Crippen molar-refractivity contribution in [2.45, 2.75) is 26.4 Å². The van der Waals surface area contributed by atoms with Gasteiger partial charge >= 0.3 is 5.97 Å². The summed E-state index contributed by atoms with van der Waals surface area (Å²) in [6.45, 7) is 6.76. The van der Waals surface area contributed by atoms with Crippen molar-refractivity contribution in [3.63, 3.8) is 0 Å². The van der Waals surface area contributed by atoms with Gasteiger partial charge in [-0.1, -0.05) is 12.1 Å². The summed E-state index contributed by atoms with van der Waals surface area (Å²) < 4.78 is 10.9. The molecule has 1 N–H and O–H groups in total. The molecule has 0 saturated carbocycles. The minimum atomic E-state index is -0.505. The van der Waals surface area contributed by atoms with Crippen LogP contribution in [0.3, 0.4) is 0 Å². The second-order valence-electron chi connectivity index (χ2n) is 4.95. The third-order valence-corrected chi connectivity index (χ3v) is 2.12. The first-order chi connectivity index (χ1) is 8.44. The molecule has 0 fully saturated rings. The van der Waals surface area contributed by atoms with Gasteiger partial charge in [-0.05, 0) is 40.0 Å². The van der Waals surface area contributed by atoms with E-state index in [9.17, 15) is 4.79 Å². The van der Waals surface area contributed by atoms with Crippen LogP contribution in [0.4, 0.5) is 0 Å². The van der Waals surface area contributed by atoms with E-state index in [4.69, 9.17) is 9.47 Å². The Hall–Kier alpha value is -1.55. The van der Waals surface area contributed by atoms with Crippen LogP contribution in [0.2, 0.25) is 0 Å². The molecule has 0 aromatic heterocycles. The lowest BCUT2D eigenvalue weighted by atomic mass is 10.1. The highest BCUT2D eigenvalue weighted by molar-refractivity contribution is 5.92. The lowest BCUT2D eigenvalue weighted by molar-refractivity contribution is 0.00659. The Kier molecular flexibility index (Phi) is 5.16. The molecule has 100 valence electrons. The van der Waals surface area contributed by atoms with Gasteiger partial charge in [-0.2, -0.15) is 0 Å². The summed E-state index contributed by atoms with van der Waals surface area (Å²) in [5, 5.41) is 2.98. The van der Waals surface area contributed by atoms with E-state index in [-0.39, 0.29) is 5.97 Å². The predicted molar refractivity (Wildman–Crippen MR) is 71.0 cm³/mol. The first-order valence-electron chi connectivity index (χ1n) is 6.04. The molecule has 0 aliphatic heterocycles. The number of carbonyl (C=O) groups is 1. The Morgan fingerprint density at radius 2 is 1.94 bits per heavy atom. The zero-order valence-electron chi connectivity index (χ0n) is 11.4. The van der Waals surface area contributed by atoms with Crippen molar-refractivity contribution in [2.24, 2.45) is 0 Å². The standard InChI is InChI=1S/C14H21NO3/c1-14(2,3)18-13(16)11-7-5-6-8-12(11)17-10-9-15-4/h5-8,15H,9-10H2,1-4H3. The lowest BCUT2D eigenvalue weighted by Gasteiger charge is -2.20. The van der Waals surface area contributed by atoms with Gasteiger partial charge < -0.3 is 14.8 Å². The van der Waals surface area contributed by atoms with E-state index in [2.05, 4.69) is 5.32 Å². The molecular formula is C14H21NO3. The van der Waals surface area contributed by atoms with Crippen molar-refractivity contribution in [2.75, 3.05) is 20.2 Å².